The van der Waals surface area contributed by atoms with E-state index in [-0.39, 0.29) is 37.8 Å². The van der Waals surface area contributed by atoms with Crippen LogP contribution in [0.4, 0.5) is 10.2 Å². The third-order valence-corrected chi connectivity index (χ3v) is 6.69. The number of aliphatic hydroxyl groups is 1. The van der Waals surface area contributed by atoms with E-state index in [0.29, 0.717) is 45.5 Å². The number of H-pyrrole nitrogens is 1. The number of hydrogen-bond acceptors (Lipinski definition) is 9. The number of fused-ring (bicyclic) bond motifs is 3. The van der Waals surface area contributed by atoms with Crippen molar-refractivity contribution in [3.05, 3.63) is 46.2 Å². The highest BCUT2D eigenvalue weighted by atomic mass is 35.5. The highest BCUT2D eigenvalue weighted by Crippen LogP contribution is 2.39. The largest absolute Gasteiger partial charge is 0.491 e. The van der Waals surface area contributed by atoms with Gasteiger partial charge in [-0.3, -0.25) is 0 Å². The maximum Gasteiger partial charge on any atom is 0.296 e. The van der Waals surface area contributed by atoms with E-state index in [0.717, 1.165) is 0 Å². The lowest BCUT2D eigenvalue weighted by molar-refractivity contribution is 0.00706. The Balaban J connectivity index is 1.20. The van der Waals surface area contributed by atoms with E-state index >= 15 is 0 Å². The van der Waals surface area contributed by atoms with Crippen molar-refractivity contribution in [3.8, 4) is 11.8 Å². The number of nitrogens with zero attached hydrogens (tertiary/aromatic N) is 2. The summed E-state index contributed by atoms with van der Waals surface area (Å²) in [7, 11) is 1.59. The van der Waals surface area contributed by atoms with Crippen molar-refractivity contribution in [1.82, 2.24) is 15.0 Å². The number of anilines is 1. The summed E-state index contributed by atoms with van der Waals surface area (Å²) in [5.74, 6) is 0.427. The number of nitrogens with one attached hydrogen (secondary N) is 2. The molecule has 5 atom stereocenters. The average molecular weight is 519 g/mol. The summed E-state index contributed by atoms with van der Waals surface area (Å²) in [6.07, 6.45) is 1.73. The molecule has 0 bridgehead atoms. The normalized spacial score (nSPS) is 26.9. The molecule has 0 spiro atoms. The first-order valence-corrected chi connectivity index (χ1v) is 11.9. The minimum Gasteiger partial charge on any atom is -0.491 e. The second-order valence-corrected chi connectivity index (χ2v) is 9.24. The number of pyridine rings is 1. The number of ether oxygens (including phenoxy) is 5. The molecule has 6 rings (SSSR count). The van der Waals surface area contributed by atoms with Gasteiger partial charge in [-0.25, -0.2) is 9.37 Å². The molecule has 12 heteroatoms. The van der Waals surface area contributed by atoms with Crippen molar-refractivity contribution in [2.24, 2.45) is 0 Å². The van der Waals surface area contributed by atoms with Crippen LogP contribution >= 0.6 is 11.6 Å². The summed E-state index contributed by atoms with van der Waals surface area (Å²) in [4.78, 5) is 12.0. The molecule has 3 aliphatic rings. The fourth-order valence-electron chi connectivity index (χ4n) is 4.72. The zero-order valence-electron chi connectivity index (χ0n) is 19.2. The van der Waals surface area contributed by atoms with E-state index in [1.54, 1.807) is 31.4 Å². The molecule has 2 saturated heterocycles. The van der Waals surface area contributed by atoms with Crippen LogP contribution in [0, 0.1) is 5.82 Å². The fraction of sp³-hybridized carbons (Fsp3) is 0.417. The third-order valence-electron chi connectivity index (χ3n) is 6.40. The van der Waals surface area contributed by atoms with Gasteiger partial charge in [0.15, 0.2) is 11.8 Å². The first-order chi connectivity index (χ1) is 17.5. The molecule has 3 aliphatic heterocycles. The number of aromatic amines is 1. The fourth-order valence-corrected chi connectivity index (χ4v) is 4.93. The zero-order valence-corrected chi connectivity index (χ0v) is 20.0. The lowest BCUT2D eigenvalue weighted by Crippen LogP contribution is -2.34. The number of aromatic nitrogens is 3. The van der Waals surface area contributed by atoms with Crippen molar-refractivity contribution in [2.45, 2.75) is 30.5 Å². The maximum atomic E-state index is 15.0. The summed E-state index contributed by atoms with van der Waals surface area (Å²) in [6.45, 7) is 1.14. The molecule has 0 unspecified atom stereocenters. The number of imidazole rings is 1. The van der Waals surface area contributed by atoms with E-state index in [4.69, 9.17) is 35.3 Å². The number of benzene rings is 1. The Morgan fingerprint density at radius 2 is 2.08 bits per heavy atom. The van der Waals surface area contributed by atoms with Crippen molar-refractivity contribution in [3.63, 3.8) is 0 Å². The van der Waals surface area contributed by atoms with Gasteiger partial charge in [-0.05, 0) is 23.8 Å². The molecule has 2 aromatic heterocycles. The van der Waals surface area contributed by atoms with Gasteiger partial charge in [0.05, 0.1) is 42.0 Å². The van der Waals surface area contributed by atoms with Crippen molar-refractivity contribution in [1.29, 1.82) is 0 Å². The third kappa shape index (κ3) is 4.27. The number of rotatable bonds is 7. The predicted molar refractivity (Wildman–Crippen MR) is 128 cm³/mol. The van der Waals surface area contributed by atoms with Crippen LogP contribution in [0.3, 0.4) is 0 Å². The monoisotopic (exact) mass is 518 g/mol. The van der Waals surface area contributed by atoms with Crippen LogP contribution in [0.1, 0.15) is 17.2 Å². The van der Waals surface area contributed by atoms with Crippen LogP contribution in [0.2, 0.25) is 5.02 Å². The summed E-state index contributed by atoms with van der Waals surface area (Å²) in [6, 6.07) is 4.67. The molecule has 0 aliphatic carbocycles. The van der Waals surface area contributed by atoms with E-state index in [9.17, 15) is 9.50 Å². The Bertz CT molecular complexity index is 1320. The lowest BCUT2D eigenvalue weighted by atomic mass is 10.0. The van der Waals surface area contributed by atoms with Gasteiger partial charge >= 0.3 is 0 Å². The Hall–Kier alpha value is -2.96. The smallest absolute Gasteiger partial charge is 0.296 e. The Kier molecular flexibility index (Phi) is 6.18. The van der Waals surface area contributed by atoms with Gasteiger partial charge in [0.1, 0.15) is 42.3 Å². The summed E-state index contributed by atoms with van der Waals surface area (Å²) < 4.78 is 42.8. The Morgan fingerprint density at radius 1 is 1.22 bits per heavy atom. The number of halogens is 2. The van der Waals surface area contributed by atoms with E-state index in [1.807, 2.05) is 0 Å². The molecule has 3 aromatic rings. The number of aliphatic hydroxyl groups excluding tert-OH is 1. The summed E-state index contributed by atoms with van der Waals surface area (Å²) >= 11 is 6.48. The molecule has 0 saturated carbocycles. The standard InChI is InChI=1S/C24H24ClFN4O6/c1-32-4-2-3-11-5-13(26)19-15(8-33-17(19)6-11)27-22-12(25)7-14-23(29-22)30-24(28-14)36-18-10-35-20-16(31)9-34-21(18)20/h2-3,5-7,15-16,18,20-21,31H,4,8-10H2,1H3,(H2,27,28,29,30)/b3-2+/t15-,16+,18+,20+,21+/m0/s1. The Morgan fingerprint density at radius 3 is 2.94 bits per heavy atom. The Labute approximate surface area is 210 Å². The van der Waals surface area contributed by atoms with E-state index < -0.39 is 24.4 Å². The van der Waals surface area contributed by atoms with E-state index in [1.165, 1.54) is 6.07 Å². The molecule has 10 nitrogen and oxygen atoms in total. The van der Waals surface area contributed by atoms with Gasteiger partial charge in [-0.2, -0.15) is 4.98 Å². The average Bonchev–Trinajstić information content (AvgIpc) is 3.61. The zero-order chi connectivity index (χ0) is 24.8. The first kappa shape index (κ1) is 23.4. The van der Waals surface area contributed by atoms with Crippen molar-refractivity contribution >= 4 is 34.7 Å². The highest BCUT2D eigenvalue weighted by molar-refractivity contribution is 6.33. The van der Waals surface area contributed by atoms with Crippen LogP contribution in [0.5, 0.6) is 11.8 Å². The molecule has 190 valence electrons. The molecule has 3 N–H and O–H groups in total. The van der Waals surface area contributed by atoms with Crippen LogP contribution in [0.25, 0.3) is 17.2 Å². The van der Waals surface area contributed by atoms with Gasteiger partial charge in [-0.15, -0.1) is 0 Å². The van der Waals surface area contributed by atoms with Crippen LogP contribution < -0.4 is 14.8 Å². The predicted octanol–water partition coefficient (Wildman–Crippen LogP) is 2.86. The molecule has 36 heavy (non-hydrogen) atoms. The number of methoxy groups -OCH3 is 1. The molecule has 0 amide bonds. The minimum atomic E-state index is -0.665. The summed E-state index contributed by atoms with van der Waals surface area (Å²) in [5, 5.41) is 13.4. The molecule has 0 radical (unpaired) electrons. The molecule has 1 aromatic carbocycles. The SMILES string of the molecule is COC/C=C/c1cc(F)c2c(c1)OC[C@@H]2Nc1nc2nc(O[C@@H]3CO[C@H]4[C@@H]3OC[C@H]4O)[nH]c2cc1Cl. The van der Waals surface area contributed by atoms with E-state index in [2.05, 4.69) is 20.3 Å². The molecular formula is C24H24ClFN4O6. The van der Waals surface area contributed by atoms with Crippen LogP contribution in [0.15, 0.2) is 24.3 Å². The quantitative estimate of drug-likeness (QED) is 0.433. The molecule has 5 heterocycles. The second kappa shape index (κ2) is 9.49. The minimum absolute atomic E-state index is 0.210. The number of hydrogen-bond donors (Lipinski definition) is 3. The first-order valence-electron chi connectivity index (χ1n) is 11.5. The van der Waals surface area contributed by atoms with Gasteiger partial charge in [0.25, 0.3) is 6.01 Å². The van der Waals surface area contributed by atoms with Crippen LogP contribution in [-0.4, -0.2) is 78.0 Å². The summed E-state index contributed by atoms with van der Waals surface area (Å²) in [5.41, 5.74) is 2.04. The second-order valence-electron chi connectivity index (χ2n) is 8.83. The molecular weight excluding hydrogens is 495 g/mol. The van der Waals surface area contributed by atoms with Gasteiger partial charge in [0, 0.05) is 7.11 Å². The van der Waals surface area contributed by atoms with Crippen molar-refractivity contribution in [2.75, 3.05) is 38.9 Å². The van der Waals surface area contributed by atoms with Crippen LogP contribution in [-0.2, 0) is 14.2 Å². The van der Waals surface area contributed by atoms with Gasteiger partial charge in [-0.1, -0.05) is 23.8 Å². The van der Waals surface area contributed by atoms with Gasteiger partial charge < -0.3 is 39.1 Å². The van der Waals surface area contributed by atoms with Crippen molar-refractivity contribution < 1.29 is 33.2 Å². The lowest BCUT2D eigenvalue weighted by Gasteiger charge is -2.15. The maximum absolute atomic E-state index is 15.0. The topological polar surface area (TPSA) is 120 Å². The molecule has 2 fully saturated rings. The van der Waals surface area contributed by atoms with Gasteiger partial charge in [0.2, 0.25) is 0 Å². The highest BCUT2D eigenvalue weighted by Gasteiger charge is 2.48.